The highest BCUT2D eigenvalue weighted by Gasteiger charge is 2.23. The zero-order chi connectivity index (χ0) is 20.4. The lowest BCUT2D eigenvalue weighted by Crippen LogP contribution is -2.12. The molecule has 144 valence electrons. The van der Waals surface area contributed by atoms with Gasteiger partial charge in [-0.05, 0) is 50.2 Å². The van der Waals surface area contributed by atoms with Gasteiger partial charge in [0.15, 0.2) is 10.9 Å². The number of aromatic nitrogens is 3. The number of anilines is 1. The number of thiazole rings is 1. The molecule has 29 heavy (non-hydrogen) atoms. The van der Waals surface area contributed by atoms with Gasteiger partial charge in [-0.3, -0.25) is 24.9 Å². The first kappa shape index (κ1) is 18.7. The van der Waals surface area contributed by atoms with E-state index in [1.165, 1.54) is 6.26 Å². The SMILES string of the molecule is Cc1cc(C(=O)Nc2nc(-c3ccco3)c(C(=O)c3ccnc(C)c3)s2)ccn1. The number of ketones is 1. The summed E-state index contributed by atoms with van der Waals surface area (Å²) in [5, 5.41) is 3.07. The molecule has 0 spiro atoms. The summed E-state index contributed by atoms with van der Waals surface area (Å²) >= 11 is 1.11. The molecule has 0 bridgehead atoms. The fraction of sp³-hybridized carbons (Fsp3) is 0.0952. The first-order chi connectivity index (χ1) is 14.0. The minimum atomic E-state index is -0.325. The normalized spacial score (nSPS) is 10.7. The van der Waals surface area contributed by atoms with Crippen LogP contribution in [0.3, 0.4) is 0 Å². The van der Waals surface area contributed by atoms with Crippen LogP contribution in [0.2, 0.25) is 0 Å². The van der Waals surface area contributed by atoms with Crippen LogP contribution in [0.25, 0.3) is 11.5 Å². The molecule has 0 radical (unpaired) electrons. The molecule has 4 heterocycles. The van der Waals surface area contributed by atoms with Crippen molar-refractivity contribution in [1.29, 1.82) is 0 Å². The fourth-order valence-electron chi connectivity index (χ4n) is 2.78. The molecule has 0 saturated carbocycles. The summed E-state index contributed by atoms with van der Waals surface area (Å²) in [6.07, 6.45) is 4.67. The Hall–Kier alpha value is -3.65. The van der Waals surface area contributed by atoms with E-state index in [0.717, 1.165) is 22.7 Å². The quantitative estimate of drug-likeness (QED) is 0.498. The Kier molecular flexibility index (Phi) is 5.01. The second kappa shape index (κ2) is 7.76. The number of carbonyl (C=O) groups excluding carboxylic acids is 2. The van der Waals surface area contributed by atoms with Gasteiger partial charge in [0.05, 0.1) is 6.26 Å². The van der Waals surface area contributed by atoms with E-state index in [1.54, 1.807) is 48.8 Å². The highest BCUT2D eigenvalue weighted by molar-refractivity contribution is 7.18. The number of rotatable bonds is 5. The summed E-state index contributed by atoms with van der Waals surface area (Å²) in [6, 6.07) is 10.1. The summed E-state index contributed by atoms with van der Waals surface area (Å²) in [7, 11) is 0. The number of furan rings is 1. The van der Waals surface area contributed by atoms with Crippen LogP contribution >= 0.6 is 11.3 Å². The summed E-state index contributed by atoms with van der Waals surface area (Å²) in [5.41, 5.74) is 2.82. The number of amides is 1. The van der Waals surface area contributed by atoms with Crippen molar-refractivity contribution in [2.75, 3.05) is 5.32 Å². The number of aryl methyl sites for hydroxylation is 2. The van der Waals surface area contributed by atoms with Crippen molar-refractivity contribution in [2.24, 2.45) is 0 Å². The molecule has 4 rings (SSSR count). The second-order valence-electron chi connectivity index (χ2n) is 6.33. The largest absolute Gasteiger partial charge is 0.463 e. The number of nitrogens with one attached hydrogen (secondary N) is 1. The van der Waals surface area contributed by atoms with Crippen LogP contribution in [0.5, 0.6) is 0 Å². The second-order valence-corrected chi connectivity index (χ2v) is 7.33. The van der Waals surface area contributed by atoms with Crippen LogP contribution in [0.15, 0.2) is 59.5 Å². The van der Waals surface area contributed by atoms with Gasteiger partial charge in [0.2, 0.25) is 5.78 Å². The minimum absolute atomic E-state index is 0.209. The summed E-state index contributed by atoms with van der Waals surface area (Å²) in [5.74, 6) is -0.0794. The lowest BCUT2D eigenvalue weighted by atomic mass is 10.1. The Morgan fingerprint density at radius 2 is 1.69 bits per heavy atom. The maximum Gasteiger partial charge on any atom is 0.257 e. The Bertz CT molecular complexity index is 1200. The van der Waals surface area contributed by atoms with Crippen molar-refractivity contribution in [1.82, 2.24) is 15.0 Å². The van der Waals surface area contributed by atoms with Crippen molar-refractivity contribution in [2.45, 2.75) is 13.8 Å². The number of pyridine rings is 2. The van der Waals surface area contributed by atoms with E-state index in [1.807, 2.05) is 13.8 Å². The van der Waals surface area contributed by atoms with Crippen LogP contribution in [-0.4, -0.2) is 26.6 Å². The molecule has 0 aliphatic heterocycles. The number of hydrogen-bond acceptors (Lipinski definition) is 7. The first-order valence-electron chi connectivity index (χ1n) is 8.77. The molecule has 7 nitrogen and oxygen atoms in total. The van der Waals surface area contributed by atoms with Crippen molar-refractivity contribution >= 4 is 28.2 Å². The van der Waals surface area contributed by atoms with Crippen molar-refractivity contribution in [3.8, 4) is 11.5 Å². The highest BCUT2D eigenvalue weighted by Crippen LogP contribution is 2.33. The van der Waals surface area contributed by atoms with Gasteiger partial charge < -0.3 is 4.42 Å². The van der Waals surface area contributed by atoms with E-state index in [-0.39, 0.29) is 11.7 Å². The topological polar surface area (TPSA) is 98.0 Å². The van der Waals surface area contributed by atoms with Gasteiger partial charge in [-0.2, -0.15) is 0 Å². The van der Waals surface area contributed by atoms with E-state index < -0.39 is 0 Å². The van der Waals surface area contributed by atoms with E-state index in [4.69, 9.17) is 4.42 Å². The molecule has 0 aliphatic carbocycles. The van der Waals surface area contributed by atoms with Crippen LogP contribution < -0.4 is 5.32 Å². The number of carbonyl (C=O) groups is 2. The molecule has 1 N–H and O–H groups in total. The van der Waals surface area contributed by atoms with E-state index >= 15 is 0 Å². The molecule has 0 saturated heterocycles. The average molecular weight is 404 g/mol. The van der Waals surface area contributed by atoms with Gasteiger partial charge in [0.25, 0.3) is 5.91 Å². The third-order valence-corrected chi connectivity index (χ3v) is 5.10. The van der Waals surface area contributed by atoms with Crippen molar-refractivity contribution < 1.29 is 14.0 Å². The Morgan fingerprint density at radius 3 is 2.34 bits per heavy atom. The average Bonchev–Trinajstić information content (AvgIpc) is 3.37. The lowest BCUT2D eigenvalue weighted by molar-refractivity contribution is 0.102. The first-order valence-corrected chi connectivity index (χ1v) is 9.59. The van der Waals surface area contributed by atoms with Gasteiger partial charge in [-0.15, -0.1) is 0 Å². The summed E-state index contributed by atoms with van der Waals surface area (Å²) in [4.78, 5) is 38.7. The Balaban J connectivity index is 1.71. The molecule has 0 aromatic carbocycles. The predicted molar refractivity (Wildman–Crippen MR) is 109 cm³/mol. The molecule has 4 aromatic rings. The van der Waals surface area contributed by atoms with Gasteiger partial charge in [-0.1, -0.05) is 11.3 Å². The van der Waals surface area contributed by atoms with Crippen LogP contribution in [0.1, 0.15) is 37.0 Å². The lowest BCUT2D eigenvalue weighted by Gasteiger charge is -2.02. The molecular weight excluding hydrogens is 388 g/mol. The molecule has 0 aliphatic rings. The standard InChI is InChI=1S/C21H16N4O3S/c1-12-10-14(5-7-22-12)18(26)19-17(16-4-3-9-28-16)24-21(29-19)25-20(27)15-6-8-23-13(2)11-15/h3-11H,1-2H3,(H,24,25,27). The number of nitrogens with zero attached hydrogens (tertiary/aromatic N) is 3. The molecule has 0 atom stereocenters. The Labute approximate surface area is 170 Å². The van der Waals surface area contributed by atoms with Gasteiger partial charge in [-0.25, -0.2) is 4.98 Å². The van der Waals surface area contributed by atoms with Crippen LogP contribution in [0, 0.1) is 13.8 Å². The zero-order valence-electron chi connectivity index (χ0n) is 15.7. The van der Waals surface area contributed by atoms with Crippen LogP contribution in [0.4, 0.5) is 5.13 Å². The molecule has 8 heteroatoms. The smallest absolute Gasteiger partial charge is 0.257 e. The van der Waals surface area contributed by atoms with Gasteiger partial charge in [0, 0.05) is 34.9 Å². The van der Waals surface area contributed by atoms with E-state index in [0.29, 0.717) is 32.6 Å². The Morgan fingerprint density at radius 1 is 1.00 bits per heavy atom. The molecule has 4 aromatic heterocycles. The third-order valence-electron chi connectivity index (χ3n) is 4.13. The van der Waals surface area contributed by atoms with E-state index in [9.17, 15) is 9.59 Å². The van der Waals surface area contributed by atoms with Gasteiger partial charge >= 0.3 is 0 Å². The zero-order valence-corrected chi connectivity index (χ0v) is 16.5. The molecular formula is C21H16N4O3S. The van der Waals surface area contributed by atoms with Crippen LogP contribution in [-0.2, 0) is 0 Å². The minimum Gasteiger partial charge on any atom is -0.463 e. The molecule has 0 unspecified atom stereocenters. The fourth-order valence-corrected chi connectivity index (χ4v) is 3.71. The third kappa shape index (κ3) is 3.97. The van der Waals surface area contributed by atoms with Crippen molar-refractivity contribution in [3.05, 3.63) is 82.4 Å². The monoisotopic (exact) mass is 404 g/mol. The maximum atomic E-state index is 13.1. The highest BCUT2D eigenvalue weighted by atomic mass is 32.1. The van der Waals surface area contributed by atoms with Crippen molar-refractivity contribution in [3.63, 3.8) is 0 Å². The summed E-state index contributed by atoms with van der Waals surface area (Å²) < 4.78 is 5.45. The number of hydrogen-bond donors (Lipinski definition) is 1. The summed E-state index contributed by atoms with van der Waals surface area (Å²) in [6.45, 7) is 3.63. The maximum absolute atomic E-state index is 13.1. The van der Waals surface area contributed by atoms with Gasteiger partial charge in [0.1, 0.15) is 10.6 Å². The van der Waals surface area contributed by atoms with E-state index in [2.05, 4.69) is 20.3 Å². The predicted octanol–water partition coefficient (Wildman–Crippen LogP) is 4.29. The molecule has 0 fully saturated rings. The molecule has 1 amide bonds.